The van der Waals surface area contributed by atoms with Crippen molar-refractivity contribution in [2.24, 2.45) is 5.16 Å². The minimum atomic E-state index is -0.283. The third-order valence-electron chi connectivity index (χ3n) is 5.60. The molecular formula is C28H24FN3O2. The van der Waals surface area contributed by atoms with E-state index in [9.17, 15) is 4.39 Å². The Morgan fingerprint density at radius 3 is 2.44 bits per heavy atom. The molecule has 0 amide bonds. The fraction of sp³-hybridized carbons (Fsp3) is 0.143. The van der Waals surface area contributed by atoms with Crippen molar-refractivity contribution in [1.82, 2.24) is 4.57 Å². The Morgan fingerprint density at radius 2 is 1.76 bits per heavy atom. The highest BCUT2D eigenvalue weighted by Crippen LogP contribution is 2.31. The fourth-order valence-electron chi connectivity index (χ4n) is 3.85. The minimum absolute atomic E-state index is 0.260. The molecule has 0 N–H and O–H groups in total. The van der Waals surface area contributed by atoms with Crippen LogP contribution in [0, 0.1) is 24.1 Å². The second kappa shape index (κ2) is 10.1. The van der Waals surface area contributed by atoms with Crippen molar-refractivity contribution >= 4 is 5.71 Å². The maximum absolute atomic E-state index is 13.6. The molecule has 3 aromatic carbocycles. The van der Waals surface area contributed by atoms with E-state index in [4.69, 9.17) is 14.8 Å². The van der Waals surface area contributed by atoms with Crippen molar-refractivity contribution < 1.29 is 14.0 Å². The Labute approximate surface area is 198 Å². The maximum atomic E-state index is 13.6. The van der Waals surface area contributed by atoms with Crippen LogP contribution in [0.1, 0.15) is 29.3 Å². The Balaban J connectivity index is 1.69. The van der Waals surface area contributed by atoms with Crippen molar-refractivity contribution in [2.45, 2.75) is 20.5 Å². The first kappa shape index (κ1) is 22.8. The normalized spacial score (nSPS) is 11.2. The van der Waals surface area contributed by atoms with Crippen molar-refractivity contribution in [3.63, 3.8) is 0 Å². The zero-order valence-corrected chi connectivity index (χ0v) is 19.2. The number of ether oxygens (including phenoxy) is 1. The smallest absolute Gasteiger partial charge is 0.142 e. The number of nitriles is 1. The number of oxime groups is 1. The summed E-state index contributed by atoms with van der Waals surface area (Å²) in [5.41, 5.74) is 6.80. The van der Waals surface area contributed by atoms with Crippen LogP contribution in [0.2, 0.25) is 0 Å². The van der Waals surface area contributed by atoms with Crippen molar-refractivity contribution in [3.05, 3.63) is 107 Å². The monoisotopic (exact) mass is 453 g/mol. The molecule has 0 bridgehead atoms. The molecule has 170 valence electrons. The van der Waals surface area contributed by atoms with E-state index in [1.54, 1.807) is 31.4 Å². The highest BCUT2D eigenvalue weighted by Gasteiger charge is 2.17. The Kier molecular flexibility index (Phi) is 6.74. The first-order valence-electron chi connectivity index (χ1n) is 10.8. The molecule has 0 saturated carbocycles. The molecule has 0 saturated heterocycles. The third kappa shape index (κ3) is 4.84. The average Bonchev–Trinajstić information content (AvgIpc) is 3.21. The summed E-state index contributed by atoms with van der Waals surface area (Å²) in [4.78, 5) is 5.60. The molecule has 1 aromatic heterocycles. The largest absolute Gasteiger partial charge is 0.497 e. The van der Waals surface area contributed by atoms with E-state index in [2.05, 4.69) is 15.8 Å². The molecule has 34 heavy (non-hydrogen) atoms. The van der Waals surface area contributed by atoms with Crippen LogP contribution >= 0.6 is 0 Å². The maximum Gasteiger partial charge on any atom is 0.142 e. The molecule has 0 spiro atoms. The zero-order valence-electron chi connectivity index (χ0n) is 19.2. The molecule has 4 aromatic rings. The summed E-state index contributed by atoms with van der Waals surface area (Å²) in [5, 5.41) is 13.4. The summed E-state index contributed by atoms with van der Waals surface area (Å²) in [6.07, 6.45) is 0. The Morgan fingerprint density at radius 1 is 1.03 bits per heavy atom. The van der Waals surface area contributed by atoms with Gasteiger partial charge in [-0.1, -0.05) is 17.3 Å². The summed E-state index contributed by atoms with van der Waals surface area (Å²) in [7, 11) is 1.63. The summed E-state index contributed by atoms with van der Waals surface area (Å²) >= 11 is 0. The molecule has 0 aliphatic heterocycles. The van der Waals surface area contributed by atoms with Gasteiger partial charge in [0.25, 0.3) is 0 Å². The number of halogens is 1. The molecule has 4 rings (SSSR count). The van der Waals surface area contributed by atoms with Crippen LogP contribution in [0.3, 0.4) is 0 Å². The molecule has 0 unspecified atom stereocenters. The van der Waals surface area contributed by atoms with E-state index in [0.29, 0.717) is 11.3 Å². The Bertz CT molecular complexity index is 1360. The molecule has 0 aliphatic rings. The van der Waals surface area contributed by atoms with E-state index in [1.165, 1.54) is 12.1 Å². The lowest BCUT2D eigenvalue weighted by Crippen LogP contribution is -2.02. The van der Waals surface area contributed by atoms with Gasteiger partial charge in [-0.3, -0.25) is 0 Å². The highest BCUT2D eigenvalue weighted by atomic mass is 19.1. The van der Waals surface area contributed by atoms with Crippen molar-refractivity contribution in [1.29, 1.82) is 5.26 Å². The van der Waals surface area contributed by atoms with Gasteiger partial charge >= 0.3 is 0 Å². The summed E-state index contributed by atoms with van der Waals surface area (Å²) in [6.45, 7) is 4.17. The third-order valence-corrected chi connectivity index (χ3v) is 5.60. The van der Waals surface area contributed by atoms with Crippen LogP contribution in [0.15, 0.2) is 84.0 Å². The summed E-state index contributed by atoms with van der Waals surface area (Å²) in [6, 6.07) is 25.6. The minimum Gasteiger partial charge on any atom is -0.497 e. The predicted octanol–water partition coefficient (Wildman–Crippen LogP) is 6.41. The average molecular weight is 454 g/mol. The number of rotatable bonds is 7. The number of methoxy groups -OCH3 is 1. The second-order valence-corrected chi connectivity index (χ2v) is 7.83. The van der Waals surface area contributed by atoms with Gasteiger partial charge in [0, 0.05) is 16.9 Å². The van der Waals surface area contributed by atoms with Crippen LogP contribution < -0.4 is 4.74 Å². The number of nitrogens with zero attached hydrogens (tertiary/aromatic N) is 3. The van der Waals surface area contributed by atoms with E-state index in [1.807, 2.05) is 56.3 Å². The van der Waals surface area contributed by atoms with Gasteiger partial charge in [0.15, 0.2) is 0 Å². The highest BCUT2D eigenvalue weighted by molar-refractivity contribution is 6.01. The number of hydrogen-bond donors (Lipinski definition) is 0. The molecule has 5 nitrogen and oxygen atoms in total. The standard InChI is InChI=1S/C28H24FN3O2/c1-19(31-34-18-22-6-4-5-21(15-22)17-30)27-16-28(23-7-9-24(29)10-8-23)32(20(27)2)25-11-13-26(33-3)14-12-25/h4-16H,18H2,1-3H3/b31-19-. The van der Waals surface area contributed by atoms with E-state index >= 15 is 0 Å². The van der Waals surface area contributed by atoms with Gasteiger partial charge in [-0.15, -0.1) is 0 Å². The lowest BCUT2D eigenvalue weighted by atomic mass is 10.1. The van der Waals surface area contributed by atoms with Crippen LogP contribution in [0.5, 0.6) is 5.75 Å². The van der Waals surface area contributed by atoms with Gasteiger partial charge in [0.05, 0.1) is 30.1 Å². The lowest BCUT2D eigenvalue weighted by Gasteiger charge is -2.13. The molecule has 6 heteroatoms. The second-order valence-electron chi connectivity index (χ2n) is 7.83. The van der Waals surface area contributed by atoms with Gasteiger partial charge in [0.1, 0.15) is 18.2 Å². The van der Waals surface area contributed by atoms with Crippen LogP contribution in [-0.2, 0) is 11.4 Å². The molecule has 0 radical (unpaired) electrons. The van der Waals surface area contributed by atoms with Crippen LogP contribution in [0.25, 0.3) is 16.9 Å². The SMILES string of the molecule is COc1ccc(-n2c(-c3ccc(F)cc3)cc(/C(C)=N\OCc3cccc(C#N)c3)c2C)cc1. The quantitative estimate of drug-likeness (QED) is 0.240. The Hall–Kier alpha value is -4.37. The topological polar surface area (TPSA) is 59.5 Å². The first-order valence-corrected chi connectivity index (χ1v) is 10.8. The first-order chi connectivity index (χ1) is 16.5. The molecule has 0 atom stereocenters. The van der Waals surface area contributed by atoms with E-state index < -0.39 is 0 Å². The molecule has 0 aliphatic carbocycles. The van der Waals surface area contributed by atoms with Gasteiger partial charge in [-0.2, -0.15) is 5.26 Å². The summed E-state index contributed by atoms with van der Waals surface area (Å²) < 4.78 is 21.0. The van der Waals surface area contributed by atoms with Gasteiger partial charge < -0.3 is 14.1 Å². The van der Waals surface area contributed by atoms with Crippen molar-refractivity contribution in [2.75, 3.05) is 7.11 Å². The van der Waals surface area contributed by atoms with Crippen LogP contribution in [0.4, 0.5) is 4.39 Å². The fourth-order valence-corrected chi connectivity index (χ4v) is 3.85. The van der Waals surface area contributed by atoms with Crippen LogP contribution in [-0.4, -0.2) is 17.4 Å². The number of benzene rings is 3. The number of aromatic nitrogens is 1. The molecular weight excluding hydrogens is 429 g/mol. The predicted molar refractivity (Wildman–Crippen MR) is 131 cm³/mol. The molecule has 0 fully saturated rings. The van der Waals surface area contributed by atoms with E-state index in [-0.39, 0.29) is 12.4 Å². The van der Waals surface area contributed by atoms with Gasteiger partial charge in [0.2, 0.25) is 0 Å². The number of hydrogen-bond acceptors (Lipinski definition) is 4. The van der Waals surface area contributed by atoms with Gasteiger partial charge in [-0.05, 0) is 91.7 Å². The molecule has 1 heterocycles. The zero-order chi connectivity index (χ0) is 24.1. The van der Waals surface area contributed by atoms with Gasteiger partial charge in [-0.25, -0.2) is 4.39 Å². The summed E-state index contributed by atoms with van der Waals surface area (Å²) in [5.74, 6) is 0.485. The lowest BCUT2D eigenvalue weighted by molar-refractivity contribution is 0.130. The van der Waals surface area contributed by atoms with E-state index in [0.717, 1.165) is 39.5 Å². The van der Waals surface area contributed by atoms with Crippen molar-refractivity contribution in [3.8, 4) is 28.8 Å².